The van der Waals surface area contributed by atoms with Crippen LogP contribution >= 0.6 is 0 Å². The van der Waals surface area contributed by atoms with Gasteiger partial charge in [0.1, 0.15) is 0 Å². The van der Waals surface area contributed by atoms with Crippen molar-refractivity contribution >= 4 is 12.6 Å². The SMILES string of the molecule is CC1(C)OB(c2ccc(-c3ccccc3)c(-c3cc(-c4ccccc4)nc(-c4ccccc4)n3)c2)OC1(C)C. The molecule has 4 aromatic carbocycles. The molecule has 1 aliphatic heterocycles. The van der Waals surface area contributed by atoms with Gasteiger partial charge in [-0.25, -0.2) is 9.97 Å². The first-order valence-electron chi connectivity index (χ1n) is 13.4. The second-order valence-corrected chi connectivity index (χ2v) is 11.0. The summed E-state index contributed by atoms with van der Waals surface area (Å²) >= 11 is 0. The molecule has 0 N–H and O–H groups in total. The summed E-state index contributed by atoms with van der Waals surface area (Å²) in [5.41, 5.74) is 7.06. The quantitative estimate of drug-likeness (QED) is 0.231. The Bertz CT molecular complexity index is 1530. The van der Waals surface area contributed by atoms with Gasteiger partial charge in [-0.1, -0.05) is 109 Å². The third-order valence-electron chi connectivity index (χ3n) is 7.76. The Balaban J connectivity index is 1.56. The Morgan fingerprint density at radius 2 is 1.03 bits per heavy atom. The van der Waals surface area contributed by atoms with E-state index in [9.17, 15) is 0 Å². The Kier molecular flexibility index (Phi) is 6.42. The fourth-order valence-electron chi connectivity index (χ4n) is 4.83. The van der Waals surface area contributed by atoms with Gasteiger partial charge >= 0.3 is 7.12 Å². The molecule has 4 nitrogen and oxygen atoms in total. The van der Waals surface area contributed by atoms with Crippen molar-refractivity contribution in [3.05, 3.63) is 115 Å². The summed E-state index contributed by atoms with van der Waals surface area (Å²) in [5, 5.41) is 0. The highest BCUT2D eigenvalue weighted by atomic mass is 16.7. The molecule has 0 radical (unpaired) electrons. The maximum absolute atomic E-state index is 6.42. The molecule has 0 spiro atoms. The molecule has 0 atom stereocenters. The minimum atomic E-state index is -0.470. The molecule has 0 amide bonds. The molecular weight excluding hydrogens is 479 g/mol. The van der Waals surface area contributed by atoms with E-state index in [1.807, 2.05) is 54.6 Å². The number of hydrogen-bond acceptors (Lipinski definition) is 4. The van der Waals surface area contributed by atoms with Crippen LogP contribution in [0.1, 0.15) is 27.7 Å². The van der Waals surface area contributed by atoms with Crippen LogP contribution in [-0.2, 0) is 9.31 Å². The molecule has 0 bridgehead atoms. The maximum Gasteiger partial charge on any atom is 0.494 e. The molecular formula is C34H31BN2O2. The van der Waals surface area contributed by atoms with Crippen molar-refractivity contribution in [3.8, 4) is 45.0 Å². The number of benzene rings is 4. The van der Waals surface area contributed by atoms with Gasteiger partial charge < -0.3 is 9.31 Å². The van der Waals surface area contributed by atoms with Crippen LogP contribution in [0.2, 0.25) is 0 Å². The largest absolute Gasteiger partial charge is 0.494 e. The van der Waals surface area contributed by atoms with Crippen LogP contribution < -0.4 is 5.46 Å². The molecule has 1 saturated heterocycles. The molecule has 0 unspecified atom stereocenters. The predicted molar refractivity (Wildman–Crippen MR) is 159 cm³/mol. The van der Waals surface area contributed by atoms with Crippen LogP contribution in [-0.4, -0.2) is 28.3 Å². The number of rotatable bonds is 5. The first-order valence-corrected chi connectivity index (χ1v) is 13.4. The Labute approximate surface area is 230 Å². The summed E-state index contributed by atoms with van der Waals surface area (Å²) in [6.07, 6.45) is 0. The smallest absolute Gasteiger partial charge is 0.399 e. The summed E-state index contributed by atoms with van der Waals surface area (Å²) in [7, 11) is -0.470. The van der Waals surface area contributed by atoms with Crippen LogP contribution in [0.25, 0.3) is 45.0 Å². The molecule has 0 aliphatic carbocycles. The van der Waals surface area contributed by atoms with E-state index in [4.69, 9.17) is 19.3 Å². The molecule has 1 aliphatic rings. The summed E-state index contributed by atoms with van der Waals surface area (Å²) in [5.74, 6) is 0.687. The van der Waals surface area contributed by atoms with E-state index in [0.717, 1.165) is 44.7 Å². The molecule has 2 heterocycles. The summed E-state index contributed by atoms with van der Waals surface area (Å²) in [6.45, 7) is 8.31. The number of nitrogens with zero attached hydrogens (tertiary/aromatic N) is 2. The zero-order valence-electron chi connectivity index (χ0n) is 22.8. The van der Waals surface area contributed by atoms with Crippen molar-refractivity contribution in [2.45, 2.75) is 38.9 Å². The van der Waals surface area contributed by atoms with Crippen LogP contribution in [0.4, 0.5) is 0 Å². The molecule has 1 aromatic heterocycles. The Hall–Kier alpha value is -4.06. The highest BCUT2D eigenvalue weighted by molar-refractivity contribution is 6.62. The van der Waals surface area contributed by atoms with Gasteiger partial charge in [0.25, 0.3) is 0 Å². The predicted octanol–water partition coefficient (Wildman–Crippen LogP) is 7.44. The summed E-state index contributed by atoms with van der Waals surface area (Å²) < 4.78 is 12.8. The number of aromatic nitrogens is 2. The normalized spacial score (nSPS) is 15.8. The maximum atomic E-state index is 6.42. The molecule has 192 valence electrons. The lowest BCUT2D eigenvalue weighted by Gasteiger charge is -2.32. The van der Waals surface area contributed by atoms with Gasteiger partial charge in [-0.15, -0.1) is 0 Å². The first kappa shape index (κ1) is 25.2. The molecule has 39 heavy (non-hydrogen) atoms. The Morgan fingerprint density at radius 3 is 1.62 bits per heavy atom. The van der Waals surface area contributed by atoms with Gasteiger partial charge in [-0.05, 0) is 50.4 Å². The lowest BCUT2D eigenvalue weighted by atomic mass is 9.77. The minimum Gasteiger partial charge on any atom is -0.399 e. The van der Waals surface area contributed by atoms with Crippen molar-refractivity contribution in [1.82, 2.24) is 9.97 Å². The standard InChI is InChI=1S/C34H31BN2O2/c1-33(2)34(3,4)39-35(38-33)27-20-21-28(24-14-8-5-9-15-24)29(22-27)31-23-30(25-16-10-6-11-17-25)36-32(37-31)26-18-12-7-13-19-26/h5-23H,1-4H3. The van der Waals surface area contributed by atoms with E-state index in [2.05, 4.69) is 88.4 Å². The second kappa shape index (κ2) is 9.92. The van der Waals surface area contributed by atoms with E-state index in [-0.39, 0.29) is 0 Å². The van der Waals surface area contributed by atoms with Gasteiger partial charge in [0.05, 0.1) is 22.6 Å². The van der Waals surface area contributed by atoms with E-state index in [0.29, 0.717) is 5.82 Å². The monoisotopic (exact) mass is 510 g/mol. The van der Waals surface area contributed by atoms with Crippen LogP contribution in [0.3, 0.4) is 0 Å². The van der Waals surface area contributed by atoms with Gasteiger partial charge in [-0.3, -0.25) is 0 Å². The third-order valence-corrected chi connectivity index (χ3v) is 7.76. The summed E-state index contributed by atoms with van der Waals surface area (Å²) in [4.78, 5) is 10.1. The lowest BCUT2D eigenvalue weighted by molar-refractivity contribution is 0.00578. The molecule has 5 heteroatoms. The van der Waals surface area contributed by atoms with Crippen molar-refractivity contribution < 1.29 is 9.31 Å². The minimum absolute atomic E-state index is 0.425. The van der Waals surface area contributed by atoms with Gasteiger partial charge in [0, 0.05) is 16.7 Å². The van der Waals surface area contributed by atoms with Crippen LogP contribution in [0, 0.1) is 0 Å². The van der Waals surface area contributed by atoms with Gasteiger partial charge in [0.15, 0.2) is 5.82 Å². The van der Waals surface area contributed by atoms with Crippen molar-refractivity contribution in [3.63, 3.8) is 0 Å². The fourth-order valence-corrected chi connectivity index (χ4v) is 4.83. The van der Waals surface area contributed by atoms with Crippen molar-refractivity contribution in [2.24, 2.45) is 0 Å². The highest BCUT2D eigenvalue weighted by Gasteiger charge is 2.51. The zero-order chi connectivity index (χ0) is 27.0. The number of hydrogen-bond donors (Lipinski definition) is 0. The molecule has 1 fully saturated rings. The van der Waals surface area contributed by atoms with E-state index in [1.165, 1.54) is 0 Å². The topological polar surface area (TPSA) is 44.2 Å². The van der Waals surface area contributed by atoms with Crippen LogP contribution in [0.15, 0.2) is 115 Å². The lowest BCUT2D eigenvalue weighted by Crippen LogP contribution is -2.41. The second-order valence-electron chi connectivity index (χ2n) is 11.0. The van der Waals surface area contributed by atoms with E-state index < -0.39 is 18.3 Å². The molecule has 6 rings (SSSR count). The Morgan fingerprint density at radius 1 is 0.513 bits per heavy atom. The van der Waals surface area contributed by atoms with Crippen molar-refractivity contribution in [2.75, 3.05) is 0 Å². The molecule has 5 aromatic rings. The molecule has 0 saturated carbocycles. The van der Waals surface area contributed by atoms with Gasteiger partial charge in [-0.2, -0.15) is 0 Å². The van der Waals surface area contributed by atoms with E-state index >= 15 is 0 Å². The third kappa shape index (κ3) is 4.92. The fraction of sp³-hybridized carbons (Fsp3) is 0.176. The van der Waals surface area contributed by atoms with Crippen molar-refractivity contribution in [1.29, 1.82) is 0 Å². The summed E-state index contributed by atoms with van der Waals surface area (Å²) in [6, 6.07) is 39.3. The first-order chi connectivity index (χ1) is 18.8. The zero-order valence-corrected chi connectivity index (χ0v) is 22.8. The van der Waals surface area contributed by atoms with Gasteiger partial charge in [0.2, 0.25) is 0 Å². The average Bonchev–Trinajstić information content (AvgIpc) is 3.20. The highest BCUT2D eigenvalue weighted by Crippen LogP contribution is 2.38. The van der Waals surface area contributed by atoms with Crippen LogP contribution in [0.5, 0.6) is 0 Å². The average molecular weight is 510 g/mol. The van der Waals surface area contributed by atoms with E-state index in [1.54, 1.807) is 0 Å².